The summed E-state index contributed by atoms with van der Waals surface area (Å²) in [6.45, 7) is 6.64. The molecule has 2 aliphatic heterocycles. The van der Waals surface area contributed by atoms with E-state index in [1.165, 1.54) is 5.56 Å². The number of ether oxygens (including phenoxy) is 1. The Morgan fingerprint density at radius 1 is 1.23 bits per heavy atom. The summed E-state index contributed by atoms with van der Waals surface area (Å²) < 4.78 is 5.34. The van der Waals surface area contributed by atoms with Gasteiger partial charge in [0.25, 0.3) is 0 Å². The van der Waals surface area contributed by atoms with E-state index in [1.54, 1.807) is 0 Å². The molecule has 0 bridgehead atoms. The van der Waals surface area contributed by atoms with E-state index in [2.05, 4.69) is 41.4 Å². The molecule has 2 saturated heterocycles. The average molecular weight is 302 g/mol. The topological polar surface area (TPSA) is 41.6 Å². The molecule has 22 heavy (non-hydrogen) atoms. The molecule has 4 nitrogen and oxygen atoms in total. The van der Waals surface area contributed by atoms with Crippen molar-refractivity contribution in [1.29, 1.82) is 0 Å². The lowest BCUT2D eigenvalue weighted by Crippen LogP contribution is -2.44. The van der Waals surface area contributed by atoms with Gasteiger partial charge in [0.2, 0.25) is 5.91 Å². The van der Waals surface area contributed by atoms with Crippen LogP contribution in [0.25, 0.3) is 0 Å². The molecule has 0 aliphatic carbocycles. The molecular weight excluding hydrogens is 276 g/mol. The normalized spacial score (nSPS) is 27.0. The highest BCUT2D eigenvalue weighted by Crippen LogP contribution is 2.21. The number of carbonyl (C=O) groups is 1. The summed E-state index contributed by atoms with van der Waals surface area (Å²) in [6, 6.07) is 10.8. The Labute approximate surface area is 132 Å². The van der Waals surface area contributed by atoms with Crippen molar-refractivity contribution in [3.63, 3.8) is 0 Å². The molecule has 1 amide bonds. The Bertz CT molecular complexity index is 485. The van der Waals surface area contributed by atoms with E-state index < -0.39 is 0 Å². The fourth-order valence-corrected chi connectivity index (χ4v) is 3.49. The summed E-state index contributed by atoms with van der Waals surface area (Å²) in [7, 11) is 0. The number of benzene rings is 1. The predicted octanol–water partition coefficient (Wildman–Crippen LogP) is 2.05. The molecule has 1 aromatic rings. The molecule has 0 saturated carbocycles. The van der Waals surface area contributed by atoms with Gasteiger partial charge in [-0.15, -0.1) is 0 Å². The molecular formula is C18H26N2O2. The van der Waals surface area contributed by atoms with Crippen LogP contribution in [0, 0.1) is 11.8 Å². The van der Waals surface area contributed by atoms with Crippen LogP contribution in [0.5, 0.6) is 0 Å². The molecule has 3 rings (SSSR count). The monoisotopic (exact) mass is 302 g/mol. The molecule has 2 unspecified atom stereocenters. The molecule has 2 atom stereocenters. The van der Waals surface area contributed by atoms with Gasteiger partial charge in [-0.1, -0.05) is 37.3 Å². The van der Waals surface area contributed by atoms with Gasteiger partial charge in [-0.3, -0.25) is 9.69 Å². The fourth-order valence-electron chi connectivity index (χ4n) is 3.49. The Morgan fingerprint density at radius 2 is 1.95 bits per heavy atom. The van der Waals surface area contributed by atoms with E-state index in [0.29, 0.717) is 5.92 Å². The first-order valence-corrected chi connectivity index (χ1v) is 8.37. The molecule has 1 aromatic carbocycles. The lowest BCUT2D eigenvalue weighted by atomic mass is 9.98. The fraction of sp³-hybridized carbons (Fsp3) is 0.611. The zero-order valence-corrected chi connectivity index (χ0v) is 13.3. The van der Waals surface area contributed by atoms with Gasteiger partial charge in [-0.2, -0.15) is 0 Å². The van der Waals surface area contributed by atoms with Crippen molar-refractivity contribution in [3.8, 4) is 0 Å². The van der Waals surface area contributed by atoms with Crippen LogP contribution < -0.4 is 5.32 Å². The summed E-state index contributed by atoms with van der Waals surface area (Å²) >= 11 is 0. The van der Waals surface area contributed by atoms with Gasteiger partial charge in [0, 0.05) is 44.8 Å². The molecule has 4 heteroatoms. The van der Waals surface area contributed by atoms with Crippen molar-refractivity contribution in [2.75, 3.05) is 26.3 Å². The zero-order chi connectivity index (χ0) is 15.4. The summed E-state index contributed by atoms with van der Waals surface area (Å²) in [5.74, 6) is 0.873. The van der Waals surface area contributed by atoms with E-state index in [9.17, 15) is 4.79 Å². The number of carbonyl (C=O) groups excluding carboxylic acids is 1. The highest BCUT2D eigenvalue weighted by Gasteiger charge is 2.32. The number of amides is 1. The summed E-state index contributed by atoms with van der Waals surface area (Å²) in [5, 5.41) is 3.28. The largest absolute Gasteiger partial charge is 0.381 e. The SMILES string of the molecule is CC1CN(Cc2ccccc2)CC1NC(=O)C1CCOCC1. The lowest BCUT2D eigenvalue weighted by molar-refractivity contribution is -0.128. The van der Waals surface area contributed by atoms with Crippen LogP contribution in [0.2, 0.25) is 0 Å². The number of hydrogen-bond acceptors (Lipinski definition) is 3. The summed E-state index contributed by atoms with van der Waals surface area (Å²) in [6.07, 6.45) is 1.72. The van der Waals surface area contributed by atoms with Crippen LogP contribution in [0.3, 0.4) is 0 Å². The highest BCUT2D eigenvalue weighted by molar-refractivity contribution is 5.79. The first-order valence-electron chi connectivity index (χ1n) is 8.37. The third-order valence-corrected chi connectivity index (χ3v) is 4.86. The van der Waals surface area contributed by atoms with Crippen molar-refractivity contribution < 1.29 is 9.53 Å². The van der Waals surface area contributed by atoms with Gasteiger partial charge in [0.05, 0.1) is 0 Å². The predicted molar refractivity (Wildman–Crippen MR) is 86.4 cm³/mol. The third kappa shape index (κ3) is 3.87. The highest BCUT2D eigenvalue weighted by atomic mass is 16.5. The Balaban J connectivity index is 1.51. The van der Waals surface area contributed by atoms with Gasteiger partial charge in [-0.25, -0.2) is 0 Å². The van der Waals surface area contributed by atoms with Crippen molar-refractivity contribution in [2.24, 2.45) is 11.8 Å². The van der Waals surface area contributed by atoms with Crippen LogP contribution in [0.4, 0.5) is 0 Å². The maximum absolute atomic E-state index is 12.4. The van der Waals surface area contributed by atoms with E-state index in [-0.39, 0.29) is 17.9 Å². The van der Waals surface area contributed by atoms with Crippen molar-refractivity contribution in [2.45, 2.75) is 32.4 Å². The van der Waals surface area contributed by atoms with E-state index in [0.717, 1.165) is 45.7 Å². The van der Waals surface area contributed by atoms with Gasteiger partial charge in [0.15, 0.2) is 0 Å². The number of hydrogen-bond donors (Lipinski definition) is 1. The maximum atomic E-state index is 12.4. The lowest BCUT2D eigenvalue weighted by Gasteiger charge is -2.24. The van der Waals surface area contributed by atoms with Crippen LogP contribution in [-0.2, 0) is 16.1 Å². The molecule has 0 radical (unpaired) electrons. The Kier molecular flexibility index (Phi) is 5.11. The quantitative estimate of drug-likeness (QED) is 0.925. The zero-order valence-electron chi connectivity index (χ0n) is 13.3. The second-order valence-corrected chi connectivity index (χ2v) is 6.66. The standard InChI is InChI=1S/C18H26N2O2/c1-14-11-20(12-15-5-3-2-4-6-15)13-17(14)19-18(21)16-7-9-22-10-8-16/h2-6,14,16-17H,7-13H2,1H3,(H,19,21). The summed E-state index contributed by atoms with van der Waals surface area (Å²) in [4.78, 5) is 14.8. The van der Waals surface area contributed by atoms with Crippen LogP contribution in [-0.4, -0.2) is 43.2 Å². The second kappa shape index (κ2) is 7.25. The van der Waals surface area contributed by atoms with Crippen LogP contribution in [0.1, 0.15) is 25.3 Å². The van der Waals surface area contributed by atoms with Crippen LogP contribution >= 0.6 is 0 Å². The first-order chi connectivity index (χ1) is 10.7. The van der Waals surface area contributed by atoms with Gasteiger partial charge in [0.1, 0.15) is 0 Å². The van der Waals surface area contributed by atoms with E-state index >= 15 is 0 Å². The molecule has 2 heterocycles. The number of rotatable bonds is 4. The molecule has 0 spiro atoms. The minimum Gasteiger partial charge on any atom is -0.381 e. The number of nitrogens with zero attached hydrogens (tertiary/aromatic N) is 1. The minimum absolute atomic E-state index is 0.143. The Morgan fingerprint density at radius 3 is 2.68 bits per heavy atom. The van der Waals surface area contributed by atoms with Gasteiger partial charge < -0.3 is 10.1 Å². The molecule has 1 N–H and O–H groups in total. The Hall–Kier alpha value is -1.39. The van der Waals surface area contributed by atoms with Gasteiger partial charge in [-0.05, 0) is 24.3 Å². The molecule has 2 fully saturated rings. The summed E-state index contributed by atoms with van der Waals surface area (Å²) in [5.41, 5.74) is 1.34. The van der Waals surface area contributed by atoms with Crippen molar-refractivity contribution >= 4 is 5.91 Å². The molecule has 120 valence electrons. The second-order valence-electron chi connectivity index (χ2n) is 6.66. The first kappa shape index (κ1) is 15.5. The molecule has 0 aromatic heterocycles. The number of likely N-dealkylation sites (tertiary alicyclic amines) is 1. The smallest absolute Gasteiger partial charge is 0.223 e. The van der Waals surface area contributed by atoms with Gasteiger partial charge >= 0.3 is 0 Å². The van der Waals surface area contributed by atoms with Crippen molar-refractivity contribution in [3.05, 3.63) is 35.9 Å². The minimum atomic E-state index is 0.143. The molecule has 2 aliphatic rings. The third-order valence-electron chi connectivity index (χ3n) is 4.86. The van der Waals surface area contributed by atoms with E-state index in [4.69, 9.17) is 4.74 Å². The van der Waals surface area contributed by atoms with Crippen LogP contribution in [0.15, 0.2) is 30.3 Å². The average Bonchev–Trinajstić information content (AvgIpc) is 2.88. The van der Waals surface area contributed by atoms with E-state index in [1.807, 2.05) is 6.07 Å². The number of nitrogens with one attached hydrogen (secondary N) is 1. The van der Waals surface area contributed by atoms with Crippen molar-refractivity contribution in [1.82, 2.24) is 10.2 Å². The maximum Gasteiger partial charge on any atom is 0.223 e.